The van der Waals surface area contributed by atoms with Gasteiger partial charge >= 0.3 is 0 Å². The van der Waals surface area contributed by atoms with Crippen LogP contribution in [0.15, 0.2) is 24.3 Å². The first-order valence-corrected chi connectivity index (χ1v) is 5.01. The molecule has 15 heavy (non-hydrogen) atoms. The molecule has 0 N–H and O–H groups in total. The van der Waals surface area contributed by atoms with E-state index in [1.165, 1.54) is 0 Å². The van der Waals surface area contributed by atoms with Crippen molar-refractivity contribution in [3.8, 4) is 0 Å². The van der Waals surface area contributed by atoms with Crippen molar-refractivity contribution in [3.05, 3.63) is 30.1 Å². The van der Waals surface area contributed by atoms with Crippen LogP contribution in [-0.2, 0) is 16.5 Å². The van der Waals surface area contributed by atoms with Crippen LogP contribution in [0.3, 0.4) is 0 Å². The van der Waals surface area contributed by atoms with Crippen LogP contribution in [0.4, 0.5) is 0 Å². The molecule has 1 aliphatic rings. The molecule has 0 saturated carbocycles. The Hall–Kier alpha value is -1.39. The van der Waals surface area contributed by atoms with Crippen LogP contribution in [0.2, 0.25) is 0 Å². The summed E-state index contributed by atoms with van der Waals surface area (Å²) in [6.45, 7) is 1.29. The van der Waals surface area contributed by atoms with E-state index < -0.39 is 0 Å². The number of nitrogens with zero attached hydrogens (tertiary/aromatic N) is 2. The maximum Gasteiger partial charge on any atom is 0.217 e. The zero-order valence-corrected chi connectivity index (χ0v) is 8.51. The molecule has 0 aliphatic carbocycles. The minimum atomic E-state index is -0.303. The molecular weight excluding hydrogens is 192 g/mol. The van der Waals surface area contributed by atoms with E-state index in [1.807, 2.05) is 35.9 Å². The number of hydrogen-bond acceptors (Lipinski definition) is 3. The van der Waals surface area contributed by atoms with Crippen LogP contribution in [0.5, 0.6) is 0 Å². The SMILES string of the molecule is Cn1c(C2OCCO2)nc2ccccc21. The van der Waals surface area contributed by atoms with Gasteiger partial charge in [-0.05, 0) is 12.1 Å². The normalized spacial score (nSPS) is 17.7. The van der Waals surface area contributed by atoms with Gasteiger partial charge in [0.2, 0.25) is 6.29 Å². The van der Waals surface area contributed by atoms with Gasteiger partial charge in [-0.1, -0.05) is 12.1 Å². The summed E-state index contributed by atoms with van der Waals surface area (Å²) in [4.78, 5) is 4.51. The molecule has 1 aliphatic heterocycles. The highest BCUT2D eigenvalue weighted by Gasteiger charge is 2.23. The highest BCUT2D eigenvalue weighted by Crippen LogP contribution is 2.25. The molecule has 78 valence electrons. The first-order chi connectivity index (χ1) is 7.36. The second-order valence-corrected chi connectivity index (χ2v) is 3.59. The maximum absolute atomic E-state index is 5.44. The van der Waals surface area contributed by atoms with Gasteiger partial charge in [-0.2, -0.15) is 0 Å². The van der Waals surface area contributed by atoms with Crippen molar-refractivity contribution >= 4 is 11.0 Å². The summed E-state index contributed by atoms with van der Waals surface area (Å²) in [5.74, 6) is 0.841. The number of para-hydroxylation sites is 2. The van der Waals surface area contributed by atoms with E-state index in [2.05, 4.69) is 4.98 Å². The van der Waals surface area contributed by atoms with Gasteiger partial charge in [0.15, 0.2) is 5.82 Å². The molecule has 3 rings (SSSR count). The minimum Gasteiger partial charge on any atom is -0.343 e. The van der Waals surface area contributed by atoms with Crippen molar-refractivity contribution in [2.75, 3.05) is 13.2 Å². The largest absolute Gasteiger partial charge is 0.343 e. The van der Waals surface area contributed by atoms with E-state index in [4.69, 9.17) is 9.47 Å². The lowest BCUT2D eigenvalue weighted by molar-refractivity contribution is -0.0521. The number of rotatable bonds is 1. The highest BCUT2D eigenvalue weighted by atomic mass is 16.7. The molecule has 2 heterocycles. The number of aryl methyl sites for hydroxylation is 1. The maximum atomic E-state index is 5.44. The molecule has 1 aromatic heterocycles. The Bertz CT molecular complexity index is 486. The van der Waals surface area contributed by atoms with Gasteiger partial charge in [-0.3, -0.25) is 0 Å². The fourth-order valence-electron chi connectivity index (χ4n) is 1.88. The molecular formula is C11H12N2O2. The van der Waals surface area contributed by atoms with Crippen molar-refractivity contribution in [2.24, 2.45) is 7.05 Å². The van der Waals surface area contributed by atoms with Gasteiger partial charge < -0.3 is 14.0 Å². The van der Waals surface area contributed by atoms with E-state index in [0.717, 1.165) is 16.9 Å². The predicted octanol–water partition coefficient (Wildman–Crippen LogP) is 1.62. The van der Waals surface area contributed by atoms with Crippen molar-refractivity contribution in [2.45, 2.75) is 6.29 Å². The van der Waals surface area contributed by atoms with Gasteiger partial charge in [0, 0.05) is 7.05 Å². The molecule has 0 atom stereocenters. The molecule has 0 radical (unpaired) electrons. The van der Waals surface area contributed by atoms with Crippen molar-refractivity contribution in [1.82, 2.24) is 9.55 Å². The van der Waals surface area contributed by atoms with E-state index in [-0.39, 0.29) is 6.29 Å². The smallest absolute Gasteiger partial charge is 0.217 e. The van der Waals surface area contributed by atoms with Gasteiger partial charge in [0.05, 0.1) is 24.2 Å². The number of imidazole rings is 1. The van der Waals surface area contributed by atoms with E-state index >= 15 is 0 Å². The average molecular weight is 204 g/mol. The van der Waals surface area contributed by atoms with Crippen LogP contribution >= 0.6 is 0 Å². The number of fused-ring (bicyclic) bond motifs is 1. The fraction of sp³-hybridized carbons (Fsp3) is 0.364. The Kier molecular flexibility index (Phi) is 1.97. The molecule has 0 amide bonds. The van der Waals surface area contributed by atoms with Crippen LogP contribution in [0.1, 0.15) is 12.1 Å². The molecule has 1 aromatic carbocycles. The van der Waals surface area contributed by atoms with Crippen molar-refractivity contribution < 1.29 is 9.47 Å². The highest BCUT2D eigenvalue weighted by molar-refractivity contribution is 5.75. The van der Waals surface area contributed by atoms with Crippen LogP contribution in [0.25, 0.3) is 11.0 Å². The van der Waals surface area contributed by atoms with Crippen molar-refractivity contribution in [3.63, 3.8) is 0 Å². The fourth-order valence-corrected chi connectivity index (χ4v) is 1.88. The first kappa shape index (κ1) is 8.88. The Balaban J connectivity index is 2.14. The molecule has 0 unspecified atom stereocenters. The Morgan fingerprint density at radius 2 is 2.00 bits per heavy atom. The van der Waals surface area contributed by atoms with Crippen LogP contribution < -0.4 is 0 Å². The standard InChI is InChI=1S/C11H12N2O2/c1-13-9-5-3-2-4-8(9)12-10(13)11-14-6-7-15-11/h2-5,11H,6-7H2,1H3. The van der Waals surface area contributed by atoms with Gasteiger partial charge in [0.1, 0.15) is 0 Å². The van der Waals surface area contributed by atoms with Gasteiger partial charge in [-0.15, -0.1) is 0 Å². The van der Waals surface area contributed by atoms with Gasteiger partial charge in [0.25, 0.3) is 0 Å². The first-order valence-electron chi connectivity index (χ1n) is 5.01. The number of benzene rings is 1. The minimum absolute atomic E-state index is 0.303. The monoisotopic (exact) mass is 204 g/mol. The van der Waals surface area contributed by atoms with Crippen LogP contribution in [-0.4, -0.2) is 22.8 Å². The Labute approximate surface area is 87.4 Å². The quantitative estimate of drug-likeness (QED) is 0.708. The molecule has 0 bridgehead atoms. The molecule has 4 heteroatoms. The lowest BCUT2D eigenvalue weighted by Gasteiger charge is -2.08. The predicted molar refractivity (Wildman–Crippen MR) is 55.4 cm³/mol. The summed E-state index contributed by atoms with van der Waals surface area (Å²) < 4.78 is 12.9. The molecule has 1 saturated heterocycles. The van der Waals surface area contributed by atoms with Crippen molar-refractivity contribution in [1.29, 1.82) is 0 Å². The third kappa shape index (κ3) is 1.33. The Morgan fingerprint density at radius 3 is 2.73 bits per heavy atom. The molecule has 0 spiro atoms. The Morgan fingerprint density at radius 1 is 1.27 bits per heavy atom. The second kappa shape index (κ2) is 3.32. The number of aromatic nitrogens is 2. The molecule has 4 nitrogen and oxygen atoms in total. The van der Waals surface area contributed by atoms with E-state index in [0.29, 0.717) is 13.2 Å². The topological polar surface area (TPSA) is 36.3 Å². The van der Waals surface area contributed by atoms with Crippen LogP contribution in [0, 0.1) is 0 Å². The summed E-state index contributed by atoms with van der Waals surface area (Å²) in [5, 5.41) is 0. The summed E-state index contributed by atoms with van der Waals surface area (Å²) in [7, 11) is 1.98. The van der Waals surface area contributed by atoms with E-state index in [1.54, 1.807) is 0 Å². The molecule has 2 aromatic rings. The lowest BCUT2D eigenvalue weighted by Crippen LogP contribution is -2.06. The summed E-state index contributed by atoms with van der Waals surface area (Å²) in [6, 6.07) is 8.02. The molecule has 1 fully saturated rings. The zero-order chi connectivity index (χ0) is 10.3. The summed E-state index contributed by atoms with van der Waals surface area (Å²) >= 11 is 0. The zero-order valence-electron chi connectivity index (χ0n) is 8.51. The lowest BCUT2D eigenvalue weighted by atomic mass is 10.3. The average Bonchev–Trinajstić information content (AvgIpc) is 2.87. The second-order valence-electron chi connectivity index (χ2n) is 3.59. The van der Waals surface area contributed by atoms with E-state index in [9.17, 15) is 0 Å². The number of hydrogen-bond donors (Lipinski definition) is 0. The third-order valence-electron chi connectivity index (χ3n) is 2.65. The third-order valence-corrected chi connectivity index (χ3v) is 2.65. The summed E-state index contributed by atoms with van der Waals surface area (Å²) in [6.07, 6.45) is -0.303. The van der Waals surface area contributed by atoms with Gasteiger partial charge in [-0.25, -0.2) is 4.98 Å². The summed E-state index contributed by atoms with van der Waals surface area (Å²) in [5.41, 5.74) is 2.08. The number of ether oxygens (including phenoxy) is 2.